The van der Waals surface area contributed by atoms with Crippen molar-refractivity contribution in [2.45, 2.75) is 43.9 Å². The van der Waals surface area contributed by atoms with Crippen LogP contribution in [0.4, 0.5) is 0 Å². The van der Waals surface area contributed by atoms with Crippen LogP contribution in [0, 0.1) is 0 Å². The smallest absolute Gasteiger partial charge is 0.327 e. The molecule has 0 spiro atoms. The number of aliphatic carboxylic acids is 1. The Balaban J connectivity index is 1.99. The van der Waals surface area contributed by atoms with E-state index >= 15 is 0 Å². The van der Waals surface area contributed by atoms with Gasteiger partial charge in [-0.1, -0.05) is 45.0 Å². The van der Waals surface area contributed by atoms with Crippen molar-refractivity contribution in [3.05, 3.63) is 35.4 Å². The molecule has 2 rings (SSSR count). The number of nitrogens with one attached hydrogen (secondary N) is 1. The maximum Gasteiger partial charge on any atom is 0.327 e. The lowest BCUT2D eigenvalue weighted by Crippen LogP contribution is -2.51. The van der Waals surface area contributed by atoms with Crippen LogP contribution in [0.1, 0.15) is 31.9 Å². The molecule has 2 N–H and O–H groups in total. The number of carboxylic acid groups (broad SMARTS) is 1. The van der Waals surface area contributed by atoms with Gasteiger partial charge >= 0.3 is 5.97 Å². The largest absolute Gasteiger partial charge is 0.480 e. The highest BCUT2D eigenvalue weighted by atomic mass is 32.2. The van der Waals surface area contributed by atoms with Crippen LogP contribution in [0.2, 0.25) is 0 Å². The Morgan fingerprint density at radius 1 is 1.33 bits per heavy atom. The predicted octanol–water partition coefficient (Wildman–Crippen LogP) is 2.21. The first-order valence-electron chi connectivity index (χ1n) is 7.01. The molecule has 1 aliphatic heterocycles. The Morgan fingerprint density at radius 3 is 2.43 bits per heavy atom. The normalized spacial score (nSPS) is 22.7. The summed E-state index contributed by atoms with van der Waals surface area (Å²) in [4.78, 5) is 22.8. The Labute approximate surface area is 129 Å². The highest BCUT2D eigenvalue weighted by Crippen LogP contribution is 2.25. The van der Waals surface area contributed by atoms with Crippen LogP contribution in [0.25, 0.3) is 0 Å². The average molecular weight is 307 g/mol. The van der Waals surface area contributed by atoms with E-state index in [0.29, 0.717) is 12.2 Å². The highest BCUT2D eigenvalue weighted by molar-refractivity contribution is 8.00. The van der Waals surface area contributed by atoms with Crippen LogP contribution >= 0.6 is 11.8 Å². The van der Waals surface area contributed by atoms with Crippen LogP contribution in [0.3, 0.4) is 0 Å². The van der Waals surface area contributed by atoms with Crippen LogP contribution in [-0.4, -0.2) is 34.0 Å². The molecule has 1 fully saturated rings. The third-order valence-electron chi connectivity index (χ3n) is 3.61. The molecule has 0 radical (unpaired) electrons. The van der Waals surface area contributed by atoms with Gasteiger partial charge in [-0.15, -0.1) is 11.8 Å². The zero-order valence-electron chi connectivity index (χ0n) is 12.6. The van der Waals surface area contributed by atoms with E-state index in [2.05, 4.69) is 50.4 Å². The molecule has 0 bridgehead atoms. The number of carbonyl (C=O) groups excluding carboxylic acids is 1. The summed E-state index contributed by atoms with van der Waals surface area (Å²) in [6.45, 7) is 6.50. The Kier molecular flexibility index (Phi) is 4.61. The molecular weight excluding hydrogens is 286 g/mol. The van der Waals surface area contributed by atoms with E-state index in [0.717, 1.165) is 5.56 Å². The van der Waals surface area contributed by atoms with E-state index in [9.17, 15) is 9.59 Å². The SMILES string of the molecule is CC(C)(C)c1ccc(CC2SCC(C(=O)O)NC2=O)cc1. The number of carboxylic acids is 1. The number of amides is 1. The molecule has 0 saturated carbocycles. The van der Waals surface area contributed by atoms with Gasteiger partial charge in [-0.25, -0.2) is 4.79 Å². The molecule has 2 unspecified atom stereocenters. The first kappa shape index (κ1) is 15.9. The monoisotopic (exact) mass is 307 g/mol. The quantitative estimate of drug-likeness (QED) is 0.898. The lowest BCUT2D eigenvalue weighted by molar-refractivity contribution is -0.141. The fourth-order valence-electron chi connectivity index (χ4n) is 2.23. The molecule has 114 valence electrons. The summed E-state index contributed by atoms with van der Waals surface area (Å²) >= 11 is 1.42. The Bertz CT molecular complexity index is 533. The van der Waals surface area contributed by atoms with E-state index in [4.69, 9.17) is 5.11 Å². The van der Waals surface area contributed by atoms with Gasteiger partial charge in [0.25, 0.3) is 0 Å². The van der Waals surface area contributed by atoms with Crippen molar-refractivity contribution >= 4 is 23.6 Å². The number of hydrogen-bond donors (Lipinski definition) is 2. The molecule has 0 aliphatic carbocycles. The van der Waals surface area contributed by atoms with Crippen molar-refractivity contribution in [2.75, 3.05) is 5.75 Å². The van der Waals surface area contributed by atoms with E-state index < -0.39 is 12.0 Å². The van der Waals surface area contributed by atoms with Crippen LogP contribution in [-0.2, 0) is 21.4 Å². The Morgan fingerprint density at radius 2 is 1.95 bits per heavy atom. The third kappa shape index (κ3) is 4.00. The summed E-state index contributed by atoms with van der Waals surface area (Å²) in [6.07, 6.45) is 0.632. The predicted molar refractivity (Wildman–Crippen MR) is 84.7 cm³/mol. The van der Waals surface area contributed by atoms with Crippen molar-refractivity contribution in [3.63, 3.8) is 0 Å². The fraction of sp³-hybridized carbons (Fsp3) is 0.500. The van der Waals surface area contributed by atoms with Crippen molar-refractivity contribution in [1.82, 2.24) is 5.32 Å². The molecule has 2 atom stereocenters. The van der Waals surface area contributed by atoms with Crippen molar-refractivity contribution < 1.29 is 14.7 Å². The summed E-state index contributed by atoms with van der Waals surface area (Å²) in [7, 11) is 0. The van der Waals surface area contributed by atoms with Gasteiger partial charge in [-0.2, -0.15) is 0 Å². The molecule has 1 aromatic rings. The number of thioether (sulfide) groups is 1. The van der Waals surface area contributed by atoms with Crippen LogP contribution in [0.5, 0.6) is 0 Å². The highest BCUT2D eigenvalue weighted by Gasteiger charge is 2.32. The molecule has 1 saturated heterocycles. The molecule has 5 heteroatoms. The van der Waals surface area contributed by atoms with Crippen molar-refractivity contribution in [2.24, 2.45) is 0 Å². The zero-order valence-corrected chi connectivity index (χ0v) is 13.4. The first-order chi connectivity index (χ1) is 9.77. The Hall–Kier alpha value is -1.49. The average Bonchev–Trinajstić information content (AvgIpc) is 2.40. The lowest BCUT2D eigenvalue weighted by Gasteiger charge is -2.26. The number of benzene rings is 1. The second kappa shape index (κ2) is 6.10. The van der Waals surface area contributed by atoms with Gasteiger partial charge in [0.2, 0.25) is 5.91 Å². The summed E-state index contributed by atoms with van der Waals surface area (Å²) in [5.41, 5.74) is 2.48. The van der Waals surface area contributed by atoms with Crippen molar-refractivity contribution in [3.8, 4) is 0 Å². The number of rotatable bonds is 3. The molecule has 1 aliphatic rings. The maximum atomic E-state index is 11.9. The fourth-order valence-corrected chi connectivity index (χ4v) is 3.41. The van der Waals surface area contributed by atoms with E-state index in [1.165, 1.54) is 17.3 Å². The van der Waals surface area contributed by atoms with E-state index in [1.807, 2.05) is 0 Å². The third-order valence-corrected chi connectivity index (χ3v) is 4.92. The molecule has 1 heterocycles. The van der Waals surface area contributed by atoms with Gasteiger partial charge in [0.1, 0.15) is 6.04 Å². The van der Waals surface area contributed by atoms with Gasteiger partial charge in [0.15, 0.2) is 0 Å². The van der Waals surface area contributed by atoms with Gasteiger partial charge in [0.05, 0.1) is 5.25 Å². The molecule has 1 amide bonds. The second-order valence-electron chi connectivity index (χ2n) is 6.37. The topological polar surface area (TPSA) is 66.4 Å². The zero-order chi connectivity index (χ0) is 15.6. The summed E-state index contributed by atoms with van der Waals surface area (Å²) < 4.78 is 0. The molecule has 1 aromatic carbocycles. The number of carbonyl (C=O) groups is 2. The summed E-state index contributed by atoms with van der Waals surface area (Å²) in [5.74, 6) is -0.728. The van der Waals surface area contributed by atoms with Crippen LogP contribution < -0.4 is 5.32 Å². The van der Waals surface area contributed by atoms with Gasteiger partial charge in [0, 0.05) is 5.75 Å². The minimum Gasteiger partial charge on any atom is -0.480 e. The van der Waals surface area contributed by atoms with E-state index in [-0.39, 0.29) is 16.6 Å². The molecule has 4 nitrogen and oxygen atoms in total. The molecule has 0 aromatic heterocycles. The van der Waals surface area contributed by atoms with Gasteiger partial charge in [-0.3, -0.25) is 4.79 Å². The second-order valence-corrected chi connectivity index (χ2v) is 7.61. The van der Waals surface area contributed by atoms with Crippen molar-refractivity contribution in [1.29, 1.82) is 0 Å². The summed E-state index contributed by atoms with van der Waals surface area (Å²) in [6, 6.07) is 7.54. The lowest BCUT2D eigenvalue weighted by atomic mass is 9.86. The standard InChI is InChI=1S/C16H21NO3S/c1-16(2,3)11-6-4-10(5-7-11)8-13-14(18)17-12(9-21-13)15(19)20/h4-7,12-13H,8-9H2,1-3H3,(H,17,18)(H,19,20). The summed E-state index contributed by atoms with van der Waals surface area (Å²) in [5, 5.41) is 11.3. The first-order valence-corrected chi connectivity index (χ1v) is 8.06. The molecule has 21 heavy (non-hydrogen) atoms. The van der Waals surface area contributed by atoms with Crippen LogP contribution in [0.15, 0.2) is 24.3 Å². The van der Waals surface area contributed by atoms with E-state index in [1.54, 1.807) is 0 Å². The minimum absolute atomic E-state index is 0.115. The minimum atomic E-state index is -0.969. The maximum absolute atomic E-state index is 11.9. The number of hydrogen-bond acceptors (Lipinski definition) is 3. The van der Waals surface area contributed by atoms with Gasteiger partial charge in [-0.05, 0) is 23.0 Å². The van der Waals surface area contributed by atoms with Gasteiger partial charge < -0.3 is 10.4 Å². The molecular formula is C16H21NO3S.